The number of rotatable bonds is 10. The Hall–Kier alpha value is -2.33. The van der Waals surface area contributed by atoms with Crippen LogP contribution in [0.5, 0.6) is 0 Å². The standard InChI is InChI=1S/C21H31N3O6S/c1-6-13(4)9-19(28)23(5)15(12(2)3)10-16(25)20-22-14(11-31-20)21(29)30-24-17(26)7-8-18(24)27/h11-13,15-16,25H,6-10H2,1-5H3/t13-,15+,16+/m0/s1. The number of aliphatic hydroxyl groups excluding tert-OH is 1. The van der Waals surface area contributed by atoms with E-state index in [1.165, 1.54) is 5.38 Å². The molecule has 1 N–H and O–H groups in total. The van der Waals surface area contributed by atoms with Gasteiger partial charge in [0.15, 0.2) is 5.69 Å². The number of hydrogen-bond donors (Lipinski definition) is 1. The lowest BCUT2D eigenvalue weighted by Gasteiger charge is -2.33. The first-order valence-corrected chi connectivity index (χ1v) is 11.4. The van der Waals surface area contributed by atoms with Crippen LogP contribution in [0, 0.1) is 11.8 Å². The summed E-state index contributed by atoms with van der Waals surface area (Å²) >= 11 is 1.08. The molecule has 2 heterocycles. The zero-order valence-electron chi connectivity index (χ0n) is 18.7. The Kier molecular flexibility index (Phi) is 8.69. The van der Waals surface area contributed by atoms with Gasteiger partial charge in [-0.05, 0) is 11.8 Å². The van der Waals surface area contributed by atoms with Gasteiger partial charge in [-0.3, -0.25) is 14.4 Å². The molecule has 1 fully saturated rings. The fourth-order valence-corrected chi connectivity index (χ4v) is 4.09. The highest BCUT2D eigenvalue weighted by Gasteiger charge is 2.34. The van der Waals surface area contributed by atoms with Crippen LogP contribution in [0.3, 0.4) is 0 Å². The third kappa shape index (κ3) is 6.33. The predicted octanol–water partition coefficient (Wildman–Crippen LogP) is 2.71. The summed E-state index contributed by atoms with van der Waals surface area (Å²) in [4.78, 5) is 58.7. The molecule has 0 unspecified atom stereocenters. The van der Waals surface area contributed by atoms with Crippen molar-refractivity contribution in [1.82, 2.24) is 14.9 Å². The van der Waals surface area contributed by atoms with Gasteiger partial charge in [0.1, 0.15) is 11.1 Å². The van der Waals surface area contributed by atoms with E-state index in [0.29, 0.717) is 16.5 Å². The maximum absolute atomic E-state index is 12.6. The number of carbonyl (C=O) groups is 4. The Morgan fingerprint density at radius 3 is 2.42 bits per heavy atom. The largest absolute Gasteiger partial charge is 0.386 e. The van der Waals surface area contributed by atoms with Crippen LogP contribution in [0.4, 0.5) is 0 Å². The van der Waals surface area contributed by atoms with E-state index in [1.54, 1.807) is 11.9 Å². The third-order valence-electron chi connectivity index (χ3n) is 5.54. The van der Waals surface area contributed by atoms with Crippen LogP contribution < -0.4 is 0 Å². The van der Waals surface area contributed by atoms with Crippen LogP contribution in [0.25, 0.3) is 0 Å². The third-order valence-corrected chi connectivity index (χ3v) is 6.49. The van der Waals surface area contributed by atoms with Crippen molar-refractivity contribution in [2.75, 3.05) is 7.05 Å². The Bertz CT molecular complexity index is 808. The first kappa shape index (κ1) is 24.9. The first-order chi connectivity index (χ1) is 14.5. The van der Waals surface area contributed by atoms with E-state index >= 15 is 0 Å². The van der Waals surface area contributed by atoms with Crippen LogP contribution in [-0.4, -0.2) is 56.8 Å². The van der Waals surface area contributed by atoms with Crippen LogP contribution in [0.1, 0.15) is 81.4 Å². The summed E-state index contributed by atoms with van der Waals surface area (Å²) in [6.07, 6.45) is 0.674. The fraction of sp³-hybridized carbons (Fsp3) is 0.667. The smallest absolute Gasteiger partial charge is 0.382 e. The molecule has 0 bridgehead atoms. The van der Waals surface area contributed by atoms with Gasteiger partial charge < -0.3 is 14.8 Å². The summed E-state index contributed by atoms with van der Waals surface area (Å²) in [5, 5.41) is 12.9. The highest BCUT2D eigenvalue weighted by Crippen LogP contribution is 2.28. The minimum absolute atomic E-state index is 0.00695. The van der Waals surface area contributed by atoms with Crippen molar-refractivity contribution in [3.8, 4) is 0 Å². The van der Waals surface area contributed by atoms with Crippen molar-refractivity contribution in [2.45, 2.75) is 71.9 Å². The highest BCUT2D eigenvalue weighted by molar-refractivity contribution is 7.09. The number of aliphatic hydroxyl groups is 1. The topological polar surface area (TPSA) is 117 Å². The SMILES string of the molecule is CC[C@H](C)CC(=O)N(C)[C@H](C[C@@H](O)c1nc(C(=O)ON2C(=O)CCC2=O)cs1)C(C)C. The lowest BCUT2D eigenvalue weighted by molar-refractivity contribution is -0.172. The van der Waals surface area contributed by atoms with Gasteiger partial charge in [-0.2, -0.15) is 0 Å². The van der Waals surface area contributed by atoms with Crippen LogP contribution >= 0.6 is 11.3 Å². The lowest BCUT2D eigenvalue weighted by Crippen LogP contribution is -2.41. The number of hydrogen-bond acceptors (Lipinski definition) is 8. The van der Waals surface area contributed by atoms with Gasteiger partial charge >= 0.3 is 5.97 Å². The molecule has 172 valence electrons. The van der Waals surface area contributed by atoms with Gasteiger partial charge in [-0.1, -0.05) is 34.1 Å². The van der Waals surface area contributed by atoms with Gasteiger partial charge in [-0.25, -0.2) is 9.78 Å². The van der Waals surface area contributed by atoms with Gasteiger partial charge in [0.2, 0.25) is 5.91 Å². The monoisotopic (exact) mass is 453 g/mol. The van der Waals surface area contributed by atoms with E-state index in [4.69, 9.17) is 4.84 Å². The fourth-order valence-electron chi connectivity index (χ4n) is 3.30. The molecule has 1 aromatic heterocycles. The minimum Gasteiger partial charge on any atom is -0.386 e. The molecule has 9 nitrogen and oxygen atoms in total. The molecular weight excluding hydrogens is 422 g/mol. The average molecular weight is 454 g/mol. The first-order valence-electron chi connectivity index (χ1n) is 10.5. The molecule has 31 heavy (non-hydrogen) atoms. The van der Waals surface area contributed by atoms with Crippen molar-refractivity contribution < 1.29 is 29.1 Å². The summed E-state index contributed by atoms with van der Waals surface area (Å²) in [5.41, 5.74) is -0.0890. The Labute approximate surface area is 186 Å². The van der Waals surface area contributed by atoms with Crippen LogP contribution in [0.15, 0.2) is 5.38 Å². The van der Waals surface area contributed by atoms with E-state index in [9.17, 15) is 24.3 Å². The Morgan fingerprint density at radius 1 is 1.26 bits per heavy atom. The van der Waals surface area contributed by atoms with Gasteiger partial charge in [0, 0.05) is 44.2 Å². The molecule has 0 aliphatic carbocycles. The van der Waals surface area contributed by atoms with Gasteiger partial charge in [-0.15, -0.1) is 16.4 Å². The van der Waals surface area contributed by atoms with Gasteiger partial charge in [0.05, 0.1) is 0 Å². The normalized spacial score (nSPS) is 17.1. The molecule has 2 rings (SSSR count). The number of nitrogens with zero attached hydrogens (tertiary/aromatic N) is 3. The minimum atomic E-state index is -0.979. The van der Waals surface area contributed by atoms with Gasteiger partial charge in [0.25, 0.3) is 11.8 Å². The zero-order chi connectivity index (χ0) is 23.3. The summed E-state index contributed by atoms with van der Waals surface area (Å²) in [6, 6.07) is -0.203. The second-order valence-corrected chi connectivity index (χ2v) is 9.21. The Morgan fingerprint density at radius 2 is 1.87 bits per heavy atom. The average Bonchev–Trinajstić information content (AvgIpc) is 3.33. The number of hydroxylamine groups is 2. The van der Waals surface area contributed by atoms with Crippen LogP contribution in [-0.2, 0) is 19.2 Å². The maximum atomic E-state index is 12.6. The molecule has 10 heteroatoms. The molecule has 1 aromatic rings. The van der Waals surface area contributed by atoms with E-state index in [1.807, 2.05) is 27.7 Å². The van der Waals surface area contributed by atoms with E-state index in [2.05, 4.69) is 4.98 Å². The van der Waals surface area contributed by atoms with Crippen LogP contribution in [0.2, 0.25) is 0 Å². The number of carbonyl (C=O) groups excluding carboxylic acids is 4. The summed E-state index contributed by atoms with van der Waals surface area (Å²) in [6.45, 7) is 8.05. The molecule has 0 aromatic carbocycles. The number of thiazole rings is 1. The number of amides is 3. The molecule has 0 radical (unpaired) electrons. The van der Waals surface area contributed by atoms with Crippen molar-refractivity contribution in [3.63, 3.8) is 0 Å². The van der Waals surface area contributed by atoms with Crippen molar-refractivity contribution >= 4 is 35.0 Å². The molecule has 3 atom stereocenters. The van der Waals surface area contributed by atoms with E-state index < -0.39 is 23.9 Å². The van der Waals surface area contributed by atoms with E-state index in [-0.39, 0.29) is 48.7 Å². The Balaban J connectivity index is 2.03. The summed E-state index contributed by atoms with van der Waals surface area (Å²) in [7, 11) is 1.75. The lowest BCUT2D eigenvalue weighted by atomic mass is 9.95. The maximum Gasteiger partial charge on any atom is 0.382 e. The van der Waals surface area contributed by atoms with E-state index in [0.717, 1.165) is 17.8 Å². The second-order valence-electron chi connectivity index (χ2n) is 8.32. The summed E-state index contributed by atoms with van der Waals surface area (Å²) < 4.78 is 0. The number of imide groups is 1. The highest BCUT2D eigenvalue weighted by atomic mass is 32.1. The van der Waals surface area contributed by atoms with Crippen molar-refractivity contribution in [3.05, 3.63) is 16.1 Å². The molecule has 1 saturated heterocycles. The van der Waals surface area contributed by atoms with Crippen molar-refractivity contribution in [1.29, 1.82) is 0 Å². The zero-order valence-corrected chi connectivity index (χ0v) is 19.5. The summed E-state index contributed by atoms with van der Waals surface area (Å²) in [5.74, 6) is -1.65. The predicted molar refractivity (Wildman–Crippen MR) is 114 cm³/mol. The molecule has 3 amide bonds. The molecule has 0 spiro atoms. The number of aromatic nitrogens is 1. The van der Waals surface area contributed by atoms with Crippen molar-refractivity contribution in [2.24, 2.45) is 11.8 Å². The molecular formula is C21H31N3O6S. The molecule has 1 aliphatic rings. The second kappa shape index (κ2) is 10.8. The molecule has 1 aliphatic heterocycles. The molecule has 0 saturated carbocycles. The quantitative estimate of drug-likeness (QED) is 0.541.